The summed E-state index contributed by atoms with van der Waals surface area (Å²) >= 11 is 0. The van der Waals surface area contributed by atoms with E-state index < -0.39 is 6.10 Å². The van der Waals surface area contributed by atoms with Gasteiger partial charge in [-0.3, -0.25) is 0 Å². The normalized spacial score (nSPS) is 12.7. The zero-order chi connectivity index (χ0) is 14.3. The summed E-state index contributed by atoms with van der Waals surface area (Å²) in [5.41, 5.74) is 2.31. The third-order valence-electron chi connectivity index (χ3n) is 2.71. The van der Waals surface area contributed by atoms with Gasteiger partial charge in [0.2, 0.25) is 0 Å². The number of hydrogen-bond acceptors (Lipinski definition) is 4. The Morgan fingerprint density at radius 1 is 1.26 bits per heavy atom. The molecule has 19 heavy (non-hydrogen) atoms. The van der Waals surface area contributed by atoms with Crippen LogP contribution in [0, 0.1) is 6.92 Å². The van der Waals surface area contributed by atoms with E-state index in [0.29, 0.717) is 6.04 Å². The van der Waals surface area contributed by atoms with Gasteiger partial charge in [0.25, 0.3) is 0 Å². The Balaban J connectivity index is 2.65. The second-order valence-electron chi connectivity index (χ2n) is 5.07. The molecule has 0 heterocycles. The van der Waals surface area contributed by atoms with E-state index in [1.807, 2.05) is 12.1 Å². The topological polar surface area (TPSA) is 50.7 Å². The van der Waals surface area contributed by atoms with E-state index in [1.54, 1.807) is 7.11 Å². The first-order valence-electron chi connectivity index (χ1n) is 6.65. The first-order chi connectivity index (χ1) is 9.02. The van der Waals surface area contributed by atoms with Gasteiger partial charge < -0.3 is 19.9 Å². The smallest absolute Gasteiger partial charge is 0.123 e. The van der Waals surface area contributed by atoms with Crippen LogP contribution < -0.4 is 10.1 Å². The van der Waals surface area contributed by atoms with E-state index in [9.17, 15) is 5.11 Å². The van der Waals surface area contributed by atoms with Crippen LogP contribution in [-0.2, 0) is 11.3 Å². The number of hydrogen-bond donors (Lipinski definition) is 2. The number of aliphatic hydroxyl groups is 1. The summed E-state index contributed by atoms with van der Waals surface area (Å²) in [7, 11) is 1.56. The minimum Gasteiger partial charge on any atom is -0.490 e. The number of ether oxygens (including phenoxy) is 2. The van der Waals surface area contributed by atoms with Gasteiger partial charge in [-0.2, -0.15) is 0 Å². The molecule has 1 aromatic carbocycles. The van der Waals surface area contributed by atoms with Gasteiger partial charge in [0.15, 0.2) is 0 Å². The molecule has 1 atom stereocenters. The molecule has 0 saturated carbocycles. The van der Waals surface area contributed by atoms with Crippen molar-refractivity contribution < 1.29 is 14.6 Å². The van der Waals surface area contributed by atoms with Crippen molar-refractivity contribution in [2.45, 2.75) is 39.5 Å². The van der Waals surface area contributed by atoms with Gasteiger partial charge in [0, 0.05) is 25.3 Å². The Morgan fingerprint density at radius 2 is 2.00 bits per heavy atom. The predicted octanol–water partition coefficient (Wildman–Crippen LogP) is 1.88. The second kappa shape index (κ2) is 8.15. The Labute approximate surface area is 115 Å². The molecular formula is C15H25NO3. The van der Waals surface area contributed by atoms with Crippen molar-refractivity contribution in [1.82, 2.24) is 5.32 Å². The van der Waals surface area contributed by atoms with Crippen molar-refractivity contribution in [2.24, 2.45) is 0 Å². The lowest BCUT2D eigenvalue weighted by molar-refractivity contribution is 0.0323. The van der Waals surface area contributed by atoms with Crippen LogP contribution >= 0.6 is 0 Å². The second-order valence-corrected chi connectivity index (χ2v) is 5.07. The van der Waals surface area contributed by atoms with Gasteiger partial charge in [-0.1, -0.05) is 31.5 Å². The molecule has 0 radical (unpaired) electrons. The van der Waals surface area contributed by atoms with Crippen molar-refractivity contribution in [3.63, 3.8) is 0 Å². The lowest BCUT2D eigenvalue weighted by Gasteiger charge is -2.16. The Hall–Kier alpha value is -1.10. The highest BCUT2D eigenvalue weighted by molar-refractivity contribution is 5.36. The summed E-state index contributed by atoms with van der Waals surface area (Å²) in [6.07, 6.45) is -0.600. The molecule has 0 fully saturated rings. The summed E-state index contributed by atoms with van der Waals surface area (Å²) in [5.74, 6) is 0.814. The fourth-order valence-electron chi connectivity index (χ4n) is 1.73. The highest BCUT2D eigenvalue weighted by atomic mass is 16.5. The highest BCUT2D eigenvalue weighted by Crippen LogP contribution is 2.20. The summed E-state index contributed by atoms with van der Waals surface area (Å²) in [5, 5.41) is 13.0. The van der Waals surface area contributed by atoms with E-state index in [0.717, 1.165) is 17.9 Å². The van der Waals surface area contributed by atoms with Crippen molar-refractivity contribution in [3.8, 4) is 5.75 Å². The van der Waals surface area contributed by atoms with Crippen LogP contribution in [0.3, 0.4) is 0 Å². The summed E-state index contributed by atoms with van der Waals surface area (Å²) < 4.78 is 10.5. The first kappa shape index (κ1) is 16.0. The first-order valence-corrected chi connectivity index (χ1v) is 6.65. The SMILES string of the molecule is COCC(O)COc1ccc(C)cc1CNC(C)C. The molecule has 0 aromatic heterocycles. The van der Waals surface area contributed by atoms with Crippen LogP contribution in [0.15, 0.2) is 18.2 Å². The van der Waals surface area contributed by atoms with Crippen LogP contribution in [0.1, 0.15) is 25.0 Å². The number of benzene rings is 1. The third-order valence-corrected chi connectivity index (χ3v) is 2.71. The van der Waals surface area contributed by atoms with E-state index in [2.05, 4.69) is 32.2 Å². The number of aryl methyl sites for hydroxylation is 1. The number of rotatable bonds is 8. The average Bonchev–Trinajstić information content (AvgIpc) is 2.35. The van der Waals surface area contributed by atoms with Gasteiger partial charge in [0.05, 0.1) is 6.61 Å². The molecule has 0 saturated heterocycles. The largest absolute Gasteiger partial charge is 0.490 e. The molecule has 2 N–H and O–H groups in total. The molecule has 108 valence electrons. The van der Waals surface area contributed by atoms with E-state index in [-0.39, 0.29) is 13.2 Å². The molecule has 4 nitrogen and oxygen atoms in total. The number of aliphatic hydroxyl groups excluding tert-OH is 1. The summed E-state index contributed by atoms with van der Waals surface area (Å²) in [6, 6.07) is 6.49. The molecular weight excluding hydrogens is 242 g/mol. The van der Waals surface area contributed by atoms with E-state index in [4.69, 9.17) is 9.47 Å². The molecule has 0 bridgehead atoms. The van der Waals surface area contributed by atoms with Crippen molar-refractivity contribution in [1.29, 1.82) is 0 Å². The van der Waals surface area contributed by atoms with Gasteiger partial charge in [-0.15, -0.1) is 0 Å². The minimum atomic E-state index is -0.600. The van der Waals surface area contributed by atoms with Crippen molar-refractivity contribution >= 4 is 0 Å². The van der Waals surface area contributed by atoms with Gasteiger partial charge in [-0.25, -0.2) is 0 Å². The Kier molecular flexibility index (Phi) is 6.84. The van der Waals surface area contributed by atoms with Crippen LogP contribution in [0.25, 0.3) is 0 Å². The quantitative estimate of drug-likeness (QED) is 0.755. The molecule has 0 aliphatic rings. The molecule has 0 amide bonds. The van der Waals surface area contributed by atoms with Crippen LogP contribution in [0.4, 0.5) is 0 Å². The zero-order valence-corrected chi connectivity index (χ0v) is 12.3. The molecule has 0 spiro atoms. The molecule has 1 rings (SSSR count). The lowest BCUT2D eigenvalue weighted by Crippen LogP contribution is -2.24. The van der Waals surface area contributed by atoms with Crippen molar-refractivity contribution in [3.05, 3.63) is 29.3 Å². The standard InChI is InChI=1S/C15H25NO3/c1-11(2)16-8-13-7-12(3)5-6-15(13)19-10-14(17)9-18-4/h5-7,11,14,16-17H,8-10H2,1-4H3. The fourth-order valence-corrected chi connectivity index (χ4v) is 1.73. The van der Waals surface area contributed by atoms with Gasteiger partial charge in [-0.05, 0) is 13.0 Å². The number of nitrogens with one attached hydrogen (secondary N) is 1. The lowest BCUT2D eigenvalue weighted by atomic mass is 10.1. The van der Waals surface area contributed by atoms with E-state index in [1.165, 1.54) is 5.56 Å². The summed E-state index contributed by atoms with van der Waals surface area (Å²) in [6.45, 7) is 7.56. The molecule has 0 aliphatic heterocycles. The number of methoxy groups -OCH3 is 1. The van der Waals surface area contributed by atoms with Crippen LogP contribution in [0.5, 0.6) is 5.75 Å². The Bertz CT molecular complexity index is 380. The maximum atomic E-state index is 9.61. The van der Waals surface area contributed by atoms with Gasteiger partial charge >= 0.3 is 0 Å². The Morgan fingerprint density at radius 3 is 2.63 bits per heavy atom. The minimum absolute atomic E-state index is 0.242. The fraction of sp³-hybridized carbons (Fsp3) is 0.600. The maximum absolute atomic E-state index is 9.61. The van der Waals surface area contributed by atoms with E-state index >= 15 is 0 Å². The van der Waals surface area contributed by atoms with Gasteiger partial charge in [0.1, 0.15) is 18.5 Å². The van der Waals surface area contributed by atoms with Crippen LogP contribution in [-0.4, -0.2) is 37.6 Å². The maximum Gasteiger partial charge on any atom is 0.123 e. The highest BCUT2D eigenvalue weighted by Gasteiger charge is 2.08. The average molecular weight is 267 g/mol. The predicted molar refractivity (Wildman–Crippen MR) is 76.5 cm³/mol. The van der Waals surface area contributed by atoms with Crippen LogP contribution in [0.2, 0.25) is 0 Å². The van der Waals surface area contributed by atoms with Crippen molar-refractivity contribution in [2.75, 3.05) is 20.3 Å². The molecule has 1 unspecified atom stereocenters. The molecule has 4 heteroatoms. The monoisotopic (exact) mass is 267 g/mol. The molecule has 0 aliphatic carbocycles. The summed E-state index contributed by atoms with van der Waals surface area (Å²) in [4.78, 5) is 0. The molecule has 1 aromatic rings. The zero-order valence-electron chi connectivity index (χ0n) is 12.3. The third kappa shape index (κ3) is 6.05.